The van der Waals surface area contributed by atoms with E-state index in [1.54, 1.807) is 0 Å². The van der Waals surface area contributed by atoms with E-state index in [4.69, 9.17) is 5.11 Å². The fourth-order valence-electron chi connectivity index (χ4n) is 1.49. The number of hydrogen-bond donors (Lipinski definition) is 1. The van der Waals surface area contributed by atoms with Crippen LogP contribution in [0.3, 0.4) is 0 Å². The van der Waals surface area contributed by atoms with Gasteiger partial charge < -0.3 is 14.6 Å². The zero-order valence-corrected chi connectivity index (χ0v) is 6.73. The molecule has 0 saturated heterocycles. The number of aldehydes is 1. The molecule has 0 aromatic carbocycles. The van der Waals surface area contributed by atoms with Gasteiger partial charge in [0.2, 0.25) is 0 Å². The first-order chi connectivity index (χ1) is 5.72. The van der Waals surface area contributed by atoms with Crippen molar-refractivity contribution in [3.63, 3.8) is 0 Å². The Kier molecular flexibility index (Phi) is 3.08. The number of hydrogen-bond acceptors (Lipinski definition) is 3. The van der Waals surface area contributed by atoms with Crippen LogP contribution in [0.4, 0.5) is 4.79 Å². The molecule has 0 aromatic rings. The van der Waals surface area contributed by atoms with Crippen molar-refractivity contribution in [1.29, 1.82) is 0 Å². The first-order valence-corrected chi connectivity index (χ1v) is 4.07. The number of ether oxygens (including phenoxy) is 1. The Morgan fingerprint density at radius 2 is 1.92 bits per heavy atom. The first kappa shape index (κ1) is 9.03. The van der Waals surface area contributed by atoms with Crippen LogP contribution in [0.25, 0.3) is 0 Å². The van der Waals surface area contributed by atoms with Gasteiger partial charge >= 0.3 is 6.16 Å². The Morgan fingerprint density at radius 1 is 1.33 bits per heavy atom. The highest BCUT2D eigenvalue weighted by Gasteiger charge is 2.22. The lowest BCUT2D eigenvalue weighted by molar-refractivity contribution is -0.112. The molecule has 1 fully saturated rings. The minimum Gasteiger partial charge on any atom is -0.450 e. The molecule has 0 unspecified atom stereocenters. The molecule has 1 N–H and O–H groups in total. The predicted octanol–water partition coefficient (Wildman–Crippen LogP) is 1.44. The molecule has 1 aliphatic carbocycles. The van der Waals surface area contributed by atoms with Crippen molar-refractivity contribution in [1.82, 2.24) is 0 Å². The second-order valence-electron chi connectivity index (χ2n) is 3.06. The molecule has 0 spiro atoms. The molecular formula is C8H12O4. The summed E-state index contributed by atoms with van der Waals surface area (Å²) in [4.78, 5) is 20.5. The standard InChI is InChI=1S/C8H12O4/c9-5-6-1-3-7(4-2-6)12-8(10)11/h5-7H,1-4H2,(H,10,11). The topological polar surface area (TPSA) is 63.6 Å². The molecule has 1 aliphatic rings. The van der Waals surface area contributed by atoms with E-state index >= 15 is 0 Å². The van der Waals surface area contributed by atoms with Gasteiger partial charge in [-0.05, 0) is 25.7 Å². The summed E-state index contributed by atoms with van der Waals surface area (Å²) < 4.78 is 4.58. The molecule has 0 amide bonds. The fourth-order valence-corrected chi connectivity index (χ4v) is 1.49. The van der Waals surface area contributed by atoms with E-state index in [1.807, 2.05) is 0 Å². The second kappa shape index (κ2) is 4.09. The molecule has 0 radical (unpaired) electrons. The SMILES string of the molecule is O=CC1CCC(OC(=O)O)CC1. The lowest BCUT2D eigenvalue weighted by Gasteiger charge is -2.23. The summed E-state index contributed by atoms with van der Waals surface area (Å²) in [7, 11) is 0. The zero-order chi connectivity index (χ0) is 8.97. The summed E-state index contributed by atoms with van der Waals surface area (Å²) in [6.07, 6.45) is 2.38. The third kappa shape index (κ3) is 2.53. The highest BCUT2D eigenvalue weighted by atomic mass is 16.7. The summed E-state index contributed by atoms with van der Waals surface area (Å²) in [6, 6.07) is 0. The third-order valence-electron chi connectivity index (χ3n) is 2.18. The van der Waals surface area contributed by atoms with Crippen LogP contribution in [0.15, 0.2) is 0 Å². The van der Waals surface area contributed by atoms with Gasteiger partial charge in [0, 0.05) is 5.92 Å². The Morgan fingerprint density at radius 3 is 2.33 bits per heavy atom. The molecule has 12 heavy (non-hydrogen) atoms. The Hall–Kier alpha value is -1.06. The van der Waals surface area contributed by atoms with E-state index < -0.39 is 6.16 Å². The van der Waals surface area contributed by atoms with Gasteiger partial charge in [0.15, 0.2) is 0 Å². The minimum atomic E-state index is -1.22. The molecule has 0 bridgehead atoms. The maximum atomic E-state index is 10.3. The summed E-state index contributed by atoms with van der Waals surface area (Å²) in [6.45, 7) is 0. The largest absolute Gasteiger partial charge is 0.506 e. The zero-order valence-electron chi connectivity index (χ0n) is 6.73. The Balaban J connectivity index is 2.26. The highest BCUT2D eigenvalue weighted by molar-refractivity contribution is 5.57. The van der Waals surface area contributed by atoms with Gasteiger partial charge in [-0.1, -0.05) is 0 Å². The van der Waals surface area contributed by atoms with Gasteiger partial charge in [-0.3, -0.25) is 0 Å². The lowest BCUT2D eigenvalue weighted by Crippen LogP contribution is -2.24. The van der Waals surface area contributed by atoms with E-state index in [2.05, 4.69) is 4.74 Å². The van der Waals surface area contributed by atoms with Crippen LogP contribution in [-0.4, -0.2) is 23.7 Å². The summed E-state index contributed by atoms with van der Waals surface area (Å²) >= 11 is 0. The van der Waals surface area contributed by atoms with Gasteiger partial charge in [-0.25, -0.2) is 4.79 Å². The van der Waals surface area contributed by atoms with Crippen molar-refractivity contribution in [2.75, 3.05) is 0 Å². The van der Waals surface area contributed by atoms with Crippen LogP contribution in [0.2, 0.25) is 0 Å². The maximum Gasteiger partial charge on any atom is 0.506 e. The van der Waals surface area contributed by atoms with Gasteiger partial charge in [0.1, 0.15) is 12.4 Å². The number of carboxylic acid groups (broad SMARTS) is 1. The Labute approximate surface area is 70.5 Å². The van der Waals surface area contributed by atoms with Crippen molar-refractivity contribution in [2.45, 2.75) is 31.8 Å². The summed E-state index contributed by atoms with van der Waals surface area (Å²) in [5.41, 5.74) is 0. The van der Waals surface area contributed by atoms with Crippen LogP contribution in [0, 0.1) is 5.92 Å². The molecule has 0 atom stereocenters. The van der Waals surface area contributed by atoms with E-state index in [-0.39, 0.29) is 12.0 Å². The van der Waals surface area contributed by atoms with Crippen LogP contribution >= 0.6 is 0 Å². The van der Waals surface area contributed by atoms with Crippen molar-refractivity contribution in [2.24, 2.45) is 5.92 Å². The van der Waals surface area contributed by atoms with E-state index in [1.165, 1.54) is 0 Å². The summed E-state index contributed by atoms with van der Waals surface area (Å²) in [5.74, 6) is 0.110. The molecule has 68 valence electrons. The van der Waals surface area contributed by atoms with Crippen molar-refractivity contribution in [3.8, 4) is 0 Å². The normalized spacial score (nSPS) is 29.3. The molecule has 0 heterocycles. The van der Waals surface area contributed by atoms with E-state index in [9.17, 15) is 9.59 Å². The lowest BCUT2D eigenvalue weighted by atomic mass is 9.88. The molecule has 1 saturated carbocycles. The van der Waals surface area contributed by atoms with Crippen molar-refractivity contribution < 1.29 is 19.4 Å². The number of carbonyl (C=O) groups is 2. The Bertz CT molecular complexity index is 170. The monoisotopic (exact) mass is 172 g/mol. The molecule has 4 nitrogen and oxygen atoms in total. The molecule has 4 heteroatoms. The quantitative estimate of drug-likeness (QED) is 0.505. The van der Waals surface area contributed by atoms with Gasteiger partial charge in [0.25, 0.3) is 0 Å². The van der Waals surface area contributed by atoms with Crippen molar-refractivity contribution >= 4 is 12.4 Å². The predicted molar refractivity (Wildman–Crippen MR) is 40.9 cm³/mol. The number of carbonyl (C=O) groups excluding carboxylic acids is 1. The smallest absolute Gasteiger partial charge is 0.450 e. The fraction of sp³-hybridized carbons (Fsp3) is 0.750. The molecule has 0 aliphatic heterocycles. The second-order valence-corrected chi connectivity index (χ2v) is 3.06. The number of rotatable bonds is 2. The van der Waals surface area contributed by atoms with E-state index in [0.717, 1.165) is 19.1 Å². The third-order valence-corrected chi connectivity index (χ3v) is 2.18. The van der Waals surface area contributed by atoms with Crippen molar-refractivity contribution in [3.05, 3.63) is 0 Å². The molecule has 1 rings (SSSR count). The molecule has 0 aromatic heterocycles. The average Bonchev–Trinajstić information content (AvgIpc) is 2.05. The maximum absolute atomic E-state index is 10.3. The van der Waals surface area contributed by atoms with Crippen LogP contribution in [0.5, 0.6) is 0 Å². The highest BCUT2D eigenvalue weighted by Crippen LogP contribution is 2.24. The van der Waals surface area contributed by atoms with Gasteiger partial charge in [-0.15, -0.1) is 0 Å². The van der Waals surface area contributed by atoms with Gasteiger partial charge in [-0.2, -0.15) is 0 Å². The van der Waals surface area contributed by atoms with E-state index in [0.29, 0.717) is 12.8 Å². The van der Waals surface area contributed by atoms with Crippen LogP contribution < -0.4 is 0 Å². The minimum absolute atomic E-state index is 0.110. The molecular weight excluding hydrogens is 160 g/mol. The van der Waals surface area contributed by atoms with Crippen LogP contribution in [-0.2, 0) is 9.53 Å². The van der Waals surface area contributed by atoms with Gasteiger partial charge in [0.05, 0.1) is 0 Å². The van der Waals surface area contributed by atoms with Crippen LogP contribution in [0.1, 0.15) is 25.7 Å². The average molecular weight is 172 g/mol. The first-order valence-electron chi connectivity index (χ1n) is 4.07. The summed E-state index contributed by atoms with van der Waals surface area (Å²) in [5, 5.41) is 8.30.